The van der Waals surface area contributed by atoms with Crippen LogP contribution in [0.15, 0.2) is 121 Å². The molecule has 14 heteroatoms. The summed E-state index contributed by atoms with van der Waals surface area (Å²) in [5.41, 5.74) is 3.65. The maximum atomic E-state index is 13.2. The number of aliphatic hydroxyl groups is 1. The minimum Gasteiger partial charge on any atom is -0.457 e. The molecule has 4 aromatic carbocycles. The van der Waals surface area contributed by atoms with Crippen molar-refractivity contribution in [2.24, 2.45) is 0 Å². The Kier molecular flexibility index (Phi) is 17.8. The van der Waals surface area contributed by atoms with E-state index in [9.17, 15) is 14.7 Å². The maximum absolute atomic E-state index is 13.2. The van der Waals surface area contributed by atoms with E-state index in [0.29, 0.717) is 0 Å². The summed E-state index contributed by atoms with van der Waals surface area (Å²) in [6, 6.07) is 37.6. The van der Waals surface area contributed by atoms with E-state index in [1.165, 1.54) is 13.8 Å². The van der Waals surface area contributed by atoms with Crippen LogP contribution in [0.2, 0.25) is 18.1 Å². The van der Waals surface area contributed by atoms with Crippen molar-refractivity contribution in [1.29, 1.82) is 0 Å². The van der Waals surface area contributed by atoms with Gasteiger partial charge in [-0.25, -0.2) is 0 Å². The molecule has 0 aromatic heterocycles. The first-order valence-electron chi connectivity index (χ1n) is 22.0. The van der Waals surface area contributed by atoms with E-state index >= 15 is 0 Å². The number of benzene rings is 4. The Morgan fingerprint density at radius 2 is 1.05 bits per heavy atom. The van der Waals surface area contributed by atoms with Crippen LogP contribution in [-0.4, -0.2) is 99.9 Å². The van der Waals surface area contributed by atoms with E-state index in [1.54, 1.807) is 0 Å². The van der Waals surface area contributed by atoms with E-state index in [4.69, 9.17) is 42.3 Å². The number of carbonyl (C=O) groups is 2. The Morgan fingerprint density at radius 1 is 0.609 bits per heavy atom. The fourth-order valence-electron chi connectivity index (χ4n) is 7.52. The fourth-order valence-corrected chi connectivity index (χ4v) is 8.84. The molecular weight excluding hydrogens is 835 g/mol. The van der Waals surface area contributed by atoms with Gasteiger partial charge in [-0.1, -0.05) is 142 Å². The van der Waals surface area contributed by atoms with E-state index in [0.717, 1.165) is 22.3 Å². The summed E-state index contributed by atoms with van der Waals surface area (Å²) in [5, 5.41) is 14.6. The van der Waals surface area contributed by atoms with Crippen molar-refractivity contribution in [2.75, 3.05) is 13.2 Å². The molecular formula is C50H65NO12Si. The van der Waals surface area contributed by atoms with Crippen LogP contribution in [0.4, 0.5) is 0 Å². The molecule has 0 spiro atoms. The second-order valence-corrected chi connectivity index (χ2v) is 22.6. The van der Waals surface area contributed by atoms with Gasteiger partial charge in [-0.15, -0.1) is 0 Å². The van der Waals surface area contributed by atoms with E-state index in [2.05, 4.69) is 39.2 Å². The molecule has 0 radical (unpaired) electrons. The summed E-state index contributed by atoms with van der Waals surface area (Å²) in [7, 11) is -2.61. The number of ether oxygens (including phenoxy) is 8. The molecule has 4 aromatic rings. The molecule has 2 aliphatic heterocycles. The van der Waals surface area contributed by atoms with Crippen molar-refractivity contribution in [3.8, 4) is 0 Å². The lowest BCUT2D eigenvalue weighted by molar-refractivity contribution is -0.354. The number of nitrogens with one attached hydrogen (secondary N) is 1. The number of aliphatic hydroxyl groups excluding tert-OH is 1. The summed E-state index contributed by atoms with van der Waals surface area (Å²) in [4.78, 5) is 26.3. The van der Waals surface area contributed by atoms with Gasteiger partial charge in [0.1, 0.15) is 42.7 Å². The van der Waals surface area contributed by atoms with Crippen LogP contribution < -0.4 is 5.32 Å². The van der Waals surface area contributed by atoms with Crippen LogP contribution >= 0.6 is 0 Å². The quantitative estimate of drug-likeness (QED) is 0.0680. The number of carbonyl (C=O) groups excluding carboxylic acids is 2. The van der Waals surface area contributed by atoms with Crippen LogP contribution in [0.3, 0.4) is 0 Å². The standard InChI is InChI=1S/C50H65NO12Si/c1-34(52)51-42-45(59-35(2)53)44(63-64(6,7)50(3,4)5)41(33-56-29-37-22-14-9-15-23-37)61-49(42)62-46-43(57-30-38-24-16-10-17-25-38)40(32-55-28-36-20-12-8-13-21-36)60-48(54)47(46)58-31-39-26-18-11-19-27-39/h8-27,40-49,54H,28-33H2,1-7H3,(H,51,52)/t40-,41-,42-,43+,44-,45-,46+,47-,48-,49+/m1/s1. The summed E-state index contributed by atoms with van der Waals surface area (Å²) >= 11 is 0. The van der Waals surface area contributed by atoms with Gasteiger partial charge >= 0.3 is 5.97 Å². The molecule has 2 N–H and O–H groups in total. The predicted molar refractivity (Wildman–Crippen MR) is 242 cm³/mol. The van der Waals surface area contributed by atoms with Gasteiger partial charge in [0.05, 0.1) is 39.6 Å². The van der Waals surface area contributed by atoms with Crippen molar-refractivity contribution < 1.29 is 57.0 Å². The minimum absolute atomic E-state index is 0.0196. The average molecular weight is 900 g/mol. The van der Waals surface area contributed by atoms with Crippen molar-refractivity contribution in [3.63, 3.8) is 0 Å². The van der Waals surface area contributed by atoms with Crippen molar-refractivity contribution >= 4 is 20.2 Å². The molecule has 64 heavy (non-hydrogen) atoms. The van der Waals surface area contributed by atoms with Crippen LogP contribution in [0.5, 0.6) is 0 Å². The van der Waals surface area contributed by atoms with Crippen molar-refractivity contribution in [1.82, 2.24) is 5.32 Å². The molecule has 2 fully saturated rings. The van der Waals surface area contributed by atoms with E-state index < -0.39 is 81.5 Å². The van der Waals surface area contributed by atoms with Crippen molar-refractivity contribution in [2.45, 2.75) is 141 Å². The number of rotatable bonds is 20. The van der Waals surface area contributed by atoms with Crippen LogP contribution in [-0.2, 0) is 78.3 Å². The molecule has 0 bridgehead atoms. The number of hydrogen-bond donors (Lipinski definition) is 2. The Labute approximate surface area is 378 Å². The fraction of sp³-hybridized carbons (Fsp3) is 0.480. The van der Waals surface area contributed by atoms with Crippen LogP contribution in [0.25, 0.3) is 0 Å². The van der Waals surface area contributed by atoms with Gasteiger partial charge in [0.25, 0.3) is 0 Å². The molecule has 2 heterocycles. The van der Waals surface area contributed by atoms with Gasteiger partial charge in [-0.2, -0.15) is 0 Å². The first-order valence-corrected chi connectivity index (χ1v) is 24.9. The molecule has 6 rings (SSSR count). The van der Waals surface area contributed by atoms with E-state index in [-0.39, 0.29) is 44.7 Å². The Balaban J connectivity index is 1.40. The number of hydrogen-bond acceptors (Lipinski definition) is 12. The number of amides is 1. The van der Waals surface area contributed by atoms with Crippen LogP contribution in [0, 0.1) is 0 Å². The average Bonchev–Trinajstić information content (AvgIpc) is 3.26. The normalized spacial score (nSPS) is 26.2. The zero-order valence-corrected chi connectivity index (χ0v) is 39.0. The van der Waals surface area contributed by atoms with Crippen molar-refractivity contribution in [3.05, 3.63) is 144 Å². The van der Waals surface area contributed by atoms with Gasteiger partial charge in [0.2, 0.25) is 5.91 Å². The molecule has 0 unspecified atom stereocenters. The van der Waals surface area contributed by atoms with Crippen LogP contribution in [0.1, 0.15) is 56.9 Å². The largest absolute Gasteiger partial charge is 0.457 e. The van der Waals surface area contributed by atoms with Gasteiger partial charge in [0.15, 0.2) is 27.0 Å². The molecule has 0 saturated carbocycles. The third-order valence-corrected chi connectivity index (χ3v) is 16.3. The number of esters is 1. The lowest BCUT2D eigenvalue weighted by atomic mass is 9.94. The summed E-state index contributed by atoms with van der Waals surface area (Å²) in [6.45, 7) is 14.1. The highest BCUT2D eigenvalue weighted by Gasteiger charge is 2.56. The Bertz CT molecular complexity index is 2000. The molecule has 10 atom stereocenters. The molecule has 13 nitrogen and oxygen atoms in total. The third kappa shape index (κ3) is 13.8. The highest BCUT2D eigenvalue weighted by Crippen LogP contribution is 2.41. The Hall–Kier alpha value is -4.32. The topological polar surface area (TPSA) is 149 Å². The zero-order valence-electron chi connectivity index (χ0n) is 38.0. The monoisotopic (exact) mass is 899 g/mol. The highest BCUT2D eigenvalue weighted by molar-refractivity contribution is 6.74. The lowest BCUT2D eigenvalue weighted by Gasteiger charge is -2.51. The smallest absolute Gasteiger partial charge is 0.303 e. The summed E-state index contributed by atoms with van der Waals surface area (Å²) in [5.74, 6) is -1.00. The first-order chi connectivity index (χ1) is 30.7. The summed E-state index contributed by atoms with van der Waals surface area (Å²) in [6.07, 6.45) is -9.71. The highest BCUT2D eigenvalue weighted by atomic mass is 28.4. The predicted octanol–water partition coefficient (Wildman–Crippen LogP) is 7.24. The lowest BCUT2D eigenvalue weighted by Crippen LogP contribution is -2.70. The van der Waals surface area contributed by atoms with Gasteiger partial charge in [-0.3, -0.25) is 9.59 Å². The second kappa shape index (κ2) is 23.2. The van der Waals surface area contributed by atoms with E-state index in [1.807, 2.05) is 121 Å². The first kappa shape index (κ1) is 49.1. The molecule has 0 aliphatic carbocycles. The molecule has 2 saturated heterocycles. The van der Waals surface area contributed by atoms with Gasteiger partial charge in [0, 0.05) is 13.8 Å². The zero-order chi connectivity index (χ0) is 45.7. The minimum atomic E-state index is -2.61. The molecule has 346 valence electrons. The summed E-state index contributed by atoms with van der Waals surface area (Å²) < 4.78 is 59.4. The van der Waals surface area contributed by atoms with Gasteiger partial charge < -0.3 is 52.7 Å². The third-order valence-electron chi connectivity index (χ3n) is 11.8. The Morgan fingerprint density at radius 3 is 1.48 bits per heavy atom. The maximum Gasteiger partial charge on any atom is 0.303 e. The molecule has 2 aliphatic rings. The molecule has 1 amide bonds. The second-order valence-electron chi connectivity index (χ2n) is 17.9. The SMILES string of the molecule is CC(=O)N[C@H]1[C@H](O[C@@H]2[C@@H](OCc3ccccc3)[C@H](O)O[C@H](COCc3ccccc3)[C@@H]2OCc2ccccc2)O[C@H](COCc2ccccc2)[C@@H](O[Si](C)(C)C(C)(C)C)[C@@H]1OC(C)=O. The van der Waals surface area contributed by atoms with Gasteiger partial charge in [-0.05, 0) is 40.4 Å².